The van der Waals surface area contributed by atoms with Crippen LogP contribution in [0.2, 0.25) is 0 Å². The number of piperidine rings is 1. The average molecular weight is 363 g/mol. The quantitative estimate of drug-likeness (QED) is 0.551. The molecule has 0 saturated carbocycles. The summed E-state index contributed by atoms with van der Waals surface area (Å²) in [7, 11) is 0. The summed E-state index contributed by atoms with van der Waals surface area (Å²) in [5, 5.41) is 6.72. The molecular formula is C21H35FN4. The fourth-order valence-electron chi connectivity index (χ4n) is 3.52. The van der Waals surface area contributed by atoms with Crippen LogP contribution in [0.15, 0.2) is 29.3 Å². The van der Waals surface area contributed by atoms with Gasteiger partial charge in [-0.3, -0.25) is 4.99 Å². The predicted octanol–water partition coefficient (Wildman–Crippen LogP) is 3.29. The van der Waals surface area contributed by atoms with E-state index in [1.807, 2.05) is 12.1 Å². The van der Waals surface area contributed by atoms with Crippen LogP contribution in [0.25, 0.3) is 0 Å². The van der Waals surface area contributed by atoms with Gasteiger partial charge in [0.1, 0.15) is 5.82 Å². The fourth-order valence-corrected chi connectivity index (χ4v) is 3.52. The molecule has 5 heteroatoms. The molecular weight excluding hydrogens is 327 g/mol. The van der Waals surface area contributed by atoms with E-state index in [1.54, 1.807) is 0 Å². The van der Waals surface area contributed by atoms with Gasteiger partial charge in [-0.2, -0.15) is 0 Å². The zero-order valence-electron chi connectivity index (χ0n) is 16.6. The summed E-state index contributed by atoms with van der Waals surface area (Å²) in [6.45, 7) is 12.8. The van der Waals surface area contributed by atoms with Crippen molar-refractivity contribution in [3.05, 3.63) is 35.6 Å². The van der Waals surface area contributed by atoms with E-state index < -0.39 is 0 Å². The maximum Gasteiger partial charge on any atom is 0.191 e. The third-order valence-corrected chi connectivity index (χ3v) is 4.70. The van der Waals surface area contributed by atoms with Gasteiger partial charge in [0.25, 0.3) is 0 Å². The summed E-state index contributed by atoms with van der Waals surface area (Å²) >= 11 is 0. The smallest absolute Gasteiger partial charge is 0.191 e. The van der Waals surface area contributed by atoms with Gasteiger partial charge < -0.3 is 15.5 Å². The lowest BCUT2D eigenvalue weighted by Crippen LogP contribution is -2.41. The first kappa shape index (κ1) is 20.7. The molecule has 1 aliphatic heterocycles. The zero-order chi connectivity index (χ0) is 18.8. The van der Waals surface area contributed by atoms with E-state index in [-0.39, 0.29) is 5.82 Å². The van der Waals surface area contributed by atoms with Gasteiger partial charge in [-0.1, -0.05) is 26.0 Å². The molecule has 1 aromatic carbocycles. The summed E-state index contributed by atoms with van der Waals surface area (Å²) in [6.07, 6.45) is 3.41. The van der Waals surface area contributed by atoms with Gasteiger partial charge >= 0.3 is 0 Å². The second-order valence-electron chi connectivity index (χ2n) is 7.68. The van der Waals surface area contributed by atoms with Crippen molar-refractivity contribution in [1.29, 1.82) is 0 Å². The average Bonchev–Trinajstić information content (AvgIpc) is 2.61. The van der Waals surface area contributed by atoms with Gasteiger partial charge in [0.2, 0.25) is 0 Å². The molecule has 0 bridgehead atoms. The van der Waals surface area contributed by atoms with Gasteiger partial charge in [0, 0.05) is 32.7 Å². The molecule has 1 aromatic rings. The normalized spacial score (nSPS) is 19.0. The SMILES string of the molecule is CCNC(=NCC1CCCN(CC(C)C)C1)NCCc1ccc(F)cc1. The van der Waals surface area contributed by atoms with Gasteiger partial charge in [0.05, 0.1) is 0 Å². The summed E-state index contributed by atoms with van der Waals surface area (Å²) in [5.41, 5.74) is 1.13. The van der Waals surface area contributed by atoms with E-state index in [2.05, 4.69) is 36.3 Å². The third-order valence-electron chi connectivity index (χ3n) is 4.70. The van der Waals surface area contributed by atoms with Crippen molar-refractivity contribution in [1.82, 2.24) is 15.5 Å². The first-order chi connectivity index (χ1) is 12.6. The lowest BCUT2D eigenvalue weighted by atomic mass is 9.97. The lowest BCUT2D eigenvalue weighted by molar-refractivity contribution is 0.162. The Bertz CT molecular complexity index is 541. The van der Waals surface area contributed by atoms with Crippen molar-refractivity contribution in [3.63, 3.8) is 0 Å². The Hall–Kier alpha value is -1.62. The van der Waals surface area contributed by atoms with Crippen molar-refractivity contribution in [3.8, 4) is 0 Å². The molecule has 0 aromatic heterocycles. The Kier molecular flexibility index (Phi) is 8.89. The zero-order valence-corrected chi connectivity index (χ0v) is 16.6. The minimum Gasteiger partial charge on any atom is -0.357 e. The molecule has 4 nitrogen and oxygen atoms in total. The summed E-state index contributed by atoms with van der Waals surface area (Å²) in [5.74, 6) is 2.07. The largest absolute Gasteiger partial charge is 0.357 e. The van der Waals surface area contributed by atoms with Gasteiger partial charge in [-0.05, 0) is 62.3 Å². The fraction of sp³-hybridized carbons (Fsp3) is 0.667. The topological polar surface area (TPSA) is 39.7 Å². The van der Waals surface area contributed by atoms with Crippen LogP contribution in [-0.2, 0) is 6.42 Å². The first-order valence-corrected chi connectivity index (χ1v) is 10.1. The van der Waals surface area contributed by atoms with Gasteiger partial charge in [-0.15, -0.1) is 0 Å². The molecule has 1 fully saturated rings. The summed E-state index contributed by atoms with van der Waals surface area (Å²) < 4.78 is 13.0. The number of nitrogens with one attached hydrogen (secondary N) is 2. The summed E-state index contributed by atoms with van der Waals surface area (Å²) in [4.78, 5) is 7.39. The molecule has 1 heterocycles. The minimum atomic E-state index is -0.185. The Balaban J connectivity index is 1.78. The highest BCUT2D eigenvalue weighted by atomic mass is 19.1. The van der Waals surface area contributed by atoms with Crippen LogP contribution < -0.4 is 10.6 Å². The maximum absolute atomic E-state index is 13.0. The van der Waals surface area contributed by atoms with E-state index in [0.717, 1.165) is 50.0 Å². The van der Waals surface area contributed by atoms with Crippen molar-refractivity contribution >= 4 is 5.96 Å². The predicted molar refractivity (Wildman–Crippen MR) is 108 cm³/mol. The van der Waals surface area contributed by atoms with E-state index in [1.165, 1.54) is 38.1 Å². The number of aliphatic imine (C=N–C) groups is 1. The maximum atomic E-state index is 13.0. The van der Waals surface area contributed by atoms with Crippen LogP contribution in [0, 0.1) is 17.7 Å². The Labute approximate surface area is 158 Å². The molecule has 1 aliphatic rings. The highest BCUT2D eigenvalue weighted by molar-refractivity contribution is 5.79. The van der Waals surface area contributed by atoms with E-state index in [4.69, 9.17) is 4.99 Å². The Morgan fingerprint density at radius 1 is 1.27 bits per heavy atom. The third kappa shape index (κ3) is 7.73. The Morgan fingerprint density at radius 3 is 2.73 bits per heavy atom. The standard InChI is InChI=1S/C21H35FN4/c1-4-23-21(24-12-11-18-7-9-20(22)10-8-18)25-14-19-6-5-13-26(16-19)15-17(2)3/h7-10,17,19H,4-6,11-16H2,1-3H3,(H2,23,24,25). The highest BCUT2D eigenvalue weighted by Crippen LogP contribution is 2.17. The van der Waals surface area contributed by atoms with Gasteiger partial charge in [-0.25, -0.2) is 4.39 Å². The van der Waals surface area contributed by atoms with Crippen LogP contribution in [-0.4, -0.2) is 50.1 Å². The molecule has 1 atom stereocenters. The molecule has 2 rings (SSSR count). The number of guanidine groups is 1. The number of hydrogen-bond acceptors (Lipinski definition) is 2. The van der Waals surface area contributed by atoms with Crippen molar-refractivity contribution in [2.45, 2.75) is 40.0 Å². The van der Waals surface area contributed by atoms with Crippen LogP contribution in [0.3, 0.4) is 0 Å². The van der Waals surface area contributed by atoms with Crippen LogP contribution in [0.1, 0.15) is 39.2 Å². The van der Waals surface area contributed by atoms with Crippen LogP contribution in [0.5, 0.6) is 0 Å². The molecule has 26 heavy (non-hydrogen) atoms. The van der Waals surface area contributed by atoms with Crippen molar-refractivity contribution in [2.24, 2.45) is 16.8 Å². The highest BCUT2D eigenvalue weighted by Gasteiger charge is 2.20. The second kappa shape index (κ2) is 11.2. The van der Waals surface area contributed by atoms with E-state index >= 15 is 0 Å². The van der Waals surface area contributed by atoms with E-state index in [9.17, 15) is 4.39 Å². The molecule has 146 valence electrons. The molecule has 0 spiro atoms. The van der Waals surface area contributed by atoms with E-state index in [0.29, 0.717) is 5.92 Å². The monoisotopic (exact) mass is 362 g/mol. The number of benzene rings is 1. The first-order valence-electron chi connectivity index (χ1n) is 10.1. The minimum absolute atomic E-state index is 0.185. The van der Waals surface area contributed by atoms with Gasteiger partial charge in [0.15, 0.2) is 5.96 Å². The summed E-state index contributed by atoms with van der Waals surface area (Å²) in [6, 6.07) is 6.71. The molecule has 0 amide bonds. The van der Waals surface area contributed by atoms with Crippen molar-refractivity contribution < 1.29 is 4.39 Å². The van der Waals surface area contributed by atoms with Crippen molar-refractivity contribution in [2.75, 3.05) is 39.3 Å². The molecule has 1 saturated heterocycles. The lowest BCUT2D eigenvalue weighted by Gasteiger charge is -2.33. The number of halogens is 1. The molecule has 0 aliphatic carbocycles. The number of likely N-dealkylation sites (tertiary alicyclic amines) is 1. The molecule has 2 N–H and O–H groups in total. The van der Waals surface area contributed by atoms with Crippen LogP contribution >= 0.6 is 0 Å². The number of rotatable bonds is 8. The number of hydrogen-bond donors (Lipinski definition) is 2. The molecule has 1 unspecified atom stereocenters. The van der Waals surface area contributed by atoms with Crippen LogP contribution in [0.4, 0.5) is 4.39 Å². The second-order valence-corrected chi connectivity index (χ2v) is 7.68. The number of nitrogens with zero attached hydrogens (tertiary/aromatic N) is 2. The Morgan fingerprint density at radius 2 is 2.04 bits per heavy atom. The molecule has 0 radical (unpaired) electrons.